The van der Waals surface area contributed by atoms with Gasteiger partial charge >= 0.3 is 0 Å². The van der Waals surface area contributed by atoms with Gasteiger partial charge < -0.3 is 19.7 Å². The standard InChI is InChI=1S/C21H26N2O4/c1-2-23(15-18-6-3-4-12-27-18)21(25)7-5-13-26-17-9-10-19-16(14-17)8-11-20(24)22-19/h4,6,9-10,12,14H,2-3,5,7-8,11,13,15H2,1H3,(H,22,24). The molecule has 0 radical (unpaired) electrons. The first kappa shape index (κ1) is 19.0. The van der Waals surface area contributed by atoms with Crippen LogP contribution in [0.5, 0.6) is 5.75 Å². The van der Waals surface area contributed by atoms with Gasteiger partial charge in [0.2, 0.25) is 11.8 Å². The van der Waals surface area contributed by atoms with Crippen molar-refractivity contribution in [1.29, 1.82) is 0 Å². The third-order valence-corrected chi connectivity index (χ3v) is 4.65. The molecule has 144 valence electrons. The van der Waals surface area contributed by atoms with Crippen LogP contribution in [0.15, 0.2) is 42.4 Å². The van der Waals surface area contributed by atoms with E-state index in [-0.39, 0.29) is 11.8 Å². The molecular formula is C21H26N2O4. The number of hydrogen-bond acceptors (Lipinski definition) is 4. The molecule has 0 saturated heterocycles. The highest BCUT2D eigenvalue weighted by molar-refractivity contribution is 5.94. The predicted octanol–water partition coefficient (Wildman–Crippen LogP) is 3.40. The summed E-state index contributed by atoms with van der Waals surface area (Å²) in [6, 6.07) is 5.69. The fourth-order valence-electron chi connectivity index (χ4n) is 3.13. The van der Waals surface area contributed by atoms with E-state index in [0.29, 0.717) is 39.0 Å². The van der Waals surface area contributed by atoms with Crippen molar-refractivity contribution >= 4 is 17.5 Å². The number of hydrogen-bond donors (Lipinski definition) is 1. The second kappa shape index (κ2) is 9.26. The average Bonchev–Trinajstić information content (AvgIpc) is 2.70. The second-order valence-electron chi connectivity index (χ2n) is 6.62. The number of carbonyl (C=O) groups is 2. The number of rotatable bonds is 8. The van der Waals surface area contributed by atoms with E-state index in [9.17, 15) is 9.59 Å². The first-order valence-corrected chi connectivity index (χ1v) is 9.49. The van der Waals surface area contributed by atoms with Gasteiger partial charge in [0.05, 0.1) is 19.4 Å². The first-order chi connectivity index (χ1) is 13.2. The number of carbonyl (C=O) groups excluding carboxylic acids is 2. The van der Waals surface area contributed by atoms with E-state index >= 15 is 0 Å². The van der Waals surface area contributed by atoms with Gasteiger partial charge in [0.15, 0.2) is 0 Å². The number of aryl methyl sites for hydroxylation is 1. The number of benzene rings is 1. The Bertz CT molecular complexity index is 755. The zero-order chi connectivity index (χ0) is 19.1. The van der Waals surface area contributed by atoms with E-state index in [1.54, 1.807) is 11.2 Å². The molecule has 1 N–H and O–H groups in total. The summed E-state index contributed by atoms with van der Waals surface area (Å²) in [6.07, 6.45) is 8.79. The minimum atomic E-state index is 0.0561. The van der Waals surface area contributed by atoms with E-state index in [1.165, 1.54) is 0 Å². The number of nitrogens with one attached hydrogen (secondary N) is 1. The lowest BCUT2D eigenvalue weighted by Crippen LogP contribution is -2.33. The monoisotopic (exact) mass is 370 g/mol. The number of fused-ring (bicyclic) bond motifs is 1. The van der Waals surface area contributed by atoms with Gasteiger partial charge in [-0.15, -0.1) is 0 Å². The van der Waals surface area contributed by atoms with E-state index in [1.807, 2.05) is 37.3 Å². The molecule has 2 aliphatic rings. The van der Waals surface area contributed by atoms with Gasteiger partial charge in [0, 0.05) is 25.1 Å². The predicted molar refractivity (Wildman–Crippen MR) is 103 cm³/mol. The molecular weight excluding hydrogens is 344 g/mol. The van der Waals surface area contributed by atoms with Crippen molar-refractivity contribution in [2.45, 2.75) is 39.0 Å². The van der Waals surface area contributed by atoms with Crippen LogP contribution in [0.2, 0.25) is 0 Å². The fourth-order valence-corrected chi connectivity index (χ4v) is 3.13. The van der Waals surface area contributed by atoms with Gasteiger partial charge in [-0.3, -0.25) is 9.59 Å². The Labute approximate surface area is 159 Å². The molecule has 0 fully saturated rings. The van der Waals surface area contributed by atoms with Gasteiger partial charge in [-0.2, -0.15) is 0 Å². The molecule has 0 atom stereocenters. The van der Waals surface area contributed by atoms with Crippen molar-refractivity contribution in [3.63, 3.8) is 0 Å². The number of amides is 2. The van der Waals surface area contributed by atoms with Crippen molar-refractivity contribution in [3.8, 4) is 5.75 Å². The van der Waals surface area contributed by atoms with Crippen LogP contribution in [-0.2, 0) is 20.7 Å². The number of nitrogens with zero attached hydrogens (tertiary/aromatic N) is 1. The van der Waals surface area contributed by atoms with Crippen molar-refractivity contribution in [2.24, 2.45) is 0 Å². The zero-order valence-corrected chi connectivity index (χ0v) is 15.7. The lowest BCUT2D eigenvalue weighted by atomic mass is 10.0. The molecule has 3 rings (SSSR count). The molecule has 0 aliphatic carbocycles. The Morgan fingerprint density at radius 1 is 1.33 bits per heavy atom. The smallest absolute Gasteiger partial charge is 0.224 e. The van der Waals surface area contributed by atoms with Gasteiger partial charge in [-0.25, -0.2) is 0 Å². The molecule has 6 nitrogen and oxygen atoms in total. The Morgan fingerprint density at radius 2 is 2.22 bits per heavy atom. The summed E-state index contributed by atoms with van der Waals surface area (Å²) < 4.78 is 11.2. The summed E-state index contributed by atoms with van der Waals surface area (Å²) in [6.45, 7) is 3.62. The van der Waals surface area contributed by atoms with Gasteiger partial charge in [0.1, 0.15) is 11.5 Å². The number of anilines is 1. The summed E-state index contributed by atoms with van der Waals surface area (Å²) in [4.78, 5) is 25.6. The molecule has 0 saturated carbocycles. The molecule has 0 unspecified atom stereocenters. The topological polar surface area (TPSA) is 67.9 Å². The molecule has 1 aromatic carbocycles. The maximum Gasteiger partial charge on any atom is 0.224 e. The van der Waals surface area contributed by atoms with E-state index in [2.05, 4.69) is 5.32 Å². The quantitative estimate of drug-likeness (QED) is 0.712. The molecule has 1 aromatic rings. The second-order valence-corrected chi connectivity index (χ2v) is 6.62. The Kier molecular flexibility index (Phi) is 6.52. The molecule has 0 aromatic heterocycles. The normalized spacial score (nSPS) is 15.3. The Hall–Kier alpha value is -2.76. The third kappa shape index (κ3) is 5.36. The fraction of sp³-hybridized carbons (Fsp3) is 0.429. The van der Waals surface area contributed by atoms with Gasteiger partial charge in [-0.05, 0) is 62.1 Å². The molecule has 6 heteroatoms. The summed E-state index contributed by atoms with van der Waals surface area (Å²) in [7, 11) is 0. The number of ether oxygens (including phenoxy) is 2. The Morgan fingerprint density at radius 3 is 3.00 bits per heavy atom. The molecule has 0 spiro atoms. The van der Waals surface area contributed by atoms with Crippen LogP contribution in [0.3, 0.4) is 0 Å². The number of likely N-dealkylation sites (N-methyl/N-ethyl adjacent to an activating group) is 1. The highest BCUT2D eigenvalue weighted by Gasteiger charge is 2.16. The van der Waals surface area contributed by atoms with Crippen LogP contribution < -0.4 is 10.1 Å². The molecule has 2 aliphatic heterocycles. The van der Waals surface area contributed by atoms with E-state index in [4.69, 9.17) is 9.47 Å². The van der Waals surface area contributed by atoms with Crippen LogP contribution in [0, 0.1) is 0 Å². The summed E-state index contributed by atoms with van der Waals surface area (Å²) >= 11 is 0. The zero-order valence-electron chi connectivity index (χ0n) is 15.7. The Balaban J connectivity index is 1.42. The maximum absolute atomic E-state index is 12.4. The van der Waals surface area contributed by atoms with Crippen LogP contribution >= 0.6 is 0 Å². The molecule has 2 amide bonds. The first-order valence-electron chi connectivity index (χ1n) is 9.49. The lowest BCUT2D eigenvalue weighted by Gasteiger charge is -2.23. The van der Waals surface area contributed by atoms with Crippen molar-refractivity contribution in [2.75, 3.05) is 25.0 Å². The van der Waals surface area contributed by atoms with Crippen molar-refractivity contribution < 1.29 is 19.1 Å². The summed E-state index contributed by atoms with van der Waals surface area (Å²) in [5.74, 6) is 1.76. The largest absolute Gasteiger partial charge is 0.494 e. The van der Waals surface area contributed by atoms with Crippen LogP contribution in [-0.4, -0.2) is 36.4 Å². The highest BCUT2D eigenvalue weighted by Crippen LogP contribution is 2.26. The molecule has 2 heterocycles. The van der Waals surface area contributed by atoms with Gasteiger partial charge in [0.25, 0.3) is 0 Å². The van der Waals surface area contributed by atoms with E-state index < -0.39 is 0 Å². The van der Waals surface area contributed by atoms with Crippen LogP contribution in [0.25, 0.3) is 0 Å². The summed E-state index contributed by atoms with van der Waals surface area (Å²) in [5, 5.41) is 2.86. The van der Waals surface area contributed by atoms with E-state index in [0.717, 1.165) is 35.6 Å². The maximum atomic E-state index is 12.4. The summed E-state index contributed by atoms with van der Waals surface area (Å²) in [5.41, 5.74) is 1.96. The van der Waals surface area contributed by atoms with Crippen molar-refractivity contribution in [1.82, 2.24) is 4.90 Å². The van der Waals surface area contributed by atoms with Gasteiger partial charge in [-0.1, -0.05) is 0 Å². The SMILES string of the molecule is CCN(CC1=CCC=CO1)C(=O)CCCOc1ccc2c(c1)CCC(=O)N2. The number of allylic oxidation sites excluding steroid dienone is 2. The third-order valence-electron chi connectivity index (χ3n) is 4.65. The van der Waals surface area contributed by atoms with Crippen molar-refractivity contribution in [3.05, 3.63) is 47.9 Å². The molecule has 0 bridgehead atoms. The lowest BCUT2D eigenvalue weighted by molar-refractivity contribution is -0.131. The van der Waals surface area contributed by atoms with Crippen LogP contribution in [0.1, 0.15) is 38.2 Å². The van der Waals surface area contributed by atoms with Crippen LogP contribution in [0.4, 0.5) is 5.69 Å². The molecule has 27 heavy (non-hydrogen) atoms. The minimum Gasteiger partial charge on any atom is -0.494 e. The minimum absolute atomic E-state index is 0.0561. The highest BCUT2D eigenvalue weighted by atomic mass is 16.5. The average molecular weight is 370 g/mol.